The molecular formula is C24H24N4O4S. The summed E-state index contributed by atoms with van der Waals surface area (Å²) in [7, 11) is -3.53. The van der Waals surface area contributed by atoms with E-state index in [-0.39, 0.29) is 11.8 Å². The Morgan fingerprint density at radius 1 is 1.06 bits per heavy atom. The lowest BCUT2D eigenvalue weighted by molar-refractivity contribution is -0.120. The summed E-state index contributed by atoms with van der Waals surface area (Å²) in [6.45, 7) is 0.602. The van der Waals surface area contributed by atoms with Gasteiger partial charge in [0.05, 0.1) is 6.20 Å². The first-order valence-electron chi connectivity index (χ1n) is 10.6. The van der Waals surface area contributed by atoms with E-state index in [0.717, 1.165) is 5.56 Å². The first kappa shape index (κ1) is 22.6. The minimum absolute atomic E-state index is 0.136. The predicted octanol–water partition coefficient (Wildman–Crippen LogP) is 3.92. The van der Waals surface area contributed by atoms with Crippen molar-refractivity contribution in [2.75, 3.05) is 18.4 Å². The molecule has 1 aliphatic heterocycles. The summed E-state index contributed by atoms with van der Waals surface area (Å²) in [6, 6.07) is 16.3. The van der Waals surface area contributed by atoms with E-state index in [0.29, 0.717) is 43.2 Å². The largest absolute Gasteiger partial charge is 0.437 e. The van der Waals surface area contributed by atoms with E-state index in [1.165, 1.54) is 22.1 Å². The van der Waals surface area contributed by atoms with Crippen LogP contribution in [0, 0.1) is 5.92 Å². The van der Waals surface area contributed by atoms with Gasteiger partial charge in [-0.15, -0.1) is 0 Å². The monoisotopic (exact) mass is 464 g/mol. The molecule has 1 fully saturated rings. The molecule has 0 bridgehead atoms. The Morgan fingerprint density at radius 3 is 2.58 bits per heavy atom. The molecule has 4 rings (SSSR count). The zero-order valence-corrected chi connectivity index (χ0v) is 18.7. The number of nitrogens with one attached hydrogen (secondary N) is 1. The van der Waals surface area contributed by atoms with E-state index in [1.807, 2.05) is 30.3 Å². The van der Waals surface area contributed by atoms with Crippen LogP contribution in [0.3, 0.4) is 0 Å². The molecule has 0 aliphatic carbocycles. The number of nitrogens with zero attached hydrogens (tertiary/aromatic N) is 3. The van der Waals surface area contributed by atoms with E-state index < -0.39 is 10.0 Å². The SMILES string of the molecule is O=C(Nc1cccc(Oc2cnccn2)c1)C1CCN(S(=O)(=O)/C=C/c2ccccc2)CC1. The van der Waals surface area contributed by atoms with E-state index in [2.05, 4.69) is 15.3 Å². The number of carbonyl (C=O) groups is 1. The van der Waals surface area contributed by atoms with Crippen molar-refractivity contribution in [3.05, 3.63) is 84.2 Å². The van der Waals surface area contributed by atoms with Gasteiger partial charge in [0.25, 0.3) is 0 Å². The summed E-state index contributed by atoms with van der Waals surface area (Å²) in [5.41, 5.74) is 1.42. The molecule has 0 unspecified atom stereocenters. The number of benzene rings is 2. The van der Waals surface area contributed by atoms with E-state index in [9.17, 15) is 13.2 Å². The van der Waals surface area contributed by atoms with Gasteiger partial charge in [-0.2, -0.15) is 4.31 Å². The van der Waals surface area contributed by atoms with Gasteiger partial charge in [-0.1, -0.05) is 36.4 Å². The van der Waals surface area contributed by atoms with Crippen LogP contribution in [0.5, 0.6) is 11.6 Å². The van der Waals surface area contributed by atoms with Crippen molar-refractivity contribution in [3.8, 4) is 11.6 Å². The van der Waals surface area contributed by atoms with Gasteiger partial charge in [-0.3, -0.25) is 9.78 Å². The standard InChI is InChI=1S/C24H24N4O4S/c29-24(27-21-7-4-8-22(17-21)32-23-18-25-12-13-26-23)20-9-14-28(15-10-20)33(30,31)16-11-19-5-2-1-3-6-19/h1-8,11-13,16-18,20H,9-10,14-15H2,(H,27,29)/b16-11+. The maximum atomic E-state index is 12.7. The second-order valence-corrected chi connectivity index (χ2v) is 9.41. The number of rotatable bonds is 7. The van der Waals surface area contributed by atoms with Gasteiger partial charge in [-0.25, -0.2) is 13.4 Å². The van der Waals surface area contributed by atoms with Crippen LogP contribution in [0.25, 0.3) is 6.08 Å². The van der Waals surface area contributed by atoms with E-state index >= 15 is 0 Å². The number of piperidine rings is 1. The molecule has 33 heavy (non-hydrogen) atoms. The number of amides is 1. The Hall–Kier alpha value is -3.56. The summed E-state index contributed by atoms with van der Waals surface area (Å²) in [5.74, 6) is 0.484. The molecule has 0 spiro atoms. The summed E-state index contributed by atoms with van der Waals surface area (Å²) in [6.07, 6.45) is 7.09. The molecule has 0 radical (unpaired) electrons. The number of anilines is 1. The Kier molecular flexibility index (Phi) is 7.11. The maximum Gasteiger partial charge on any atom is 0.237 e. The van der Waals surface area contributed by atoms with Gasteiger partial charge >= 0.3 is 0 Å². The minimum Gasteiger partial charge on any atom is -0.437 e. The van der Waals surface area contributed by atoms with Gasteiger partial charge in [0, 0.05) is 48.6 Å². The molecule has 2 heterocycles. The van der Waals surface area contributed by atoms with Crippen LogP contribution in [0.1, 0.15) is 18.4 Å². The Bertz CT molecular complexity index is 1210. The lowest BCUT2D eigenvalue weighted by Crippen LogP contribution is -2.40. The molecule has 1 saturated heterocycles. The topological polar surface area (TPSA) is 101 Å². The molecule has 3 aromatic rings. The molecule has 0 saturated carbocycles. The molecular weight excluding hydrogens is 440 g/mol. The van der Waals surface area contributed by atoms with Crippen molar-refractivity contribution in [2.24, 2.45) is 5.92 Å². The zero-order chi connectivity index (χ0) is 23.1. The fourth-order valence-corrected chi connectivity index (χ4v) is 4.75. The molecule has 1 aromatic heterocycles. The van der Waals surface area contributed by atoms with Crippen LogP contribution < -0.4 is 10.1 Å². The normalized spacial score (nSPS) is 15.4. The van der Waals surface area contributed by atoms with Crippen LogP contribution in [0.4, 0.5) is 5.69 Å². The van der Waals surface area contributed by atoms with Crippen molar-refractivity contribution in [2.45, 2.75) is 12.8 Å². The van der Waals surface area contributed by atoms with Crippen molar-refractivity contribution in [3.63, 3.8) is 0 Å². The third-order valence-corrected chi connectivity index (χ3v) is 6.85. The zero-order valence-electron chi connectivity index (χ0n) is 17.9. The molecule has 1 aliphatic rings. The summed E-state index contributed by atoms with van der Waals surface area (Å²) >= 11 is 0. The highest BCUT2D eigenvalue weighted by molar-refractivity contribution is 7.92. The van der Waals surface area contributed by atoms with Gasteiger partial charge in [-0.05, 0) is 36.6 Å². The molecule has 9 heteroatoms. The maximum absolute atomic E-state index is 12.7. The molecule has 2 aromatic carbocycles. The molecule has 170 valence electrons. The summed E-state index contributed by atoms with van der Waals surface area (Å²) in [4.78, 5) is 20.8. The quantitative estimate of drug-likeness (QED) is 0.569. The predicted molar refractivity (Wildman–Crippen MR) is 126 cm³/mol. The summed E-state index contributed by atoms with van der Waals surface area (Å²) in [5, 5.41) is 4.13. The second kappa shape index (κ2) is 10.4. The molecule has 1 amide bonds. The van der Waals surface area contributed by atoms with Crippen LogP contribution in [-0.4, -0.2) is 41.7 Å². The van der Waals surface area contributed by atoms with Gasteiger partial charge in [0.15, 0.2) is 0 Å². The lowest BCUT2D eigenvalue weighted by Gasteiger charge is -2.29. The Labute approximate surface area is 193 Å². The minimum atomic E-state index is -3.53. The molecule has 8 nitrogen and oxygen atoms in total. The number of carbonyl (C=O) groups excluding carboxylic acids is 1. The Balaban J connectivity index is 1.31. The van der Waals surface area contributed by atoms with E-state index in [4.69, 9.17) is 4.74 Å². The van der Waals surface area contributed by atoms with Crippen LogP contribution in [-0.2, 0) is 14.8 Å². The van der Waals surface area contributed by atoms with Gasteiger partial charge in [0.2, 0.25) is 21.8 Å². The van der Waals surface area contributed by atoms with Crippen molar-refractivity contribution < 1.29 is 17.9 Å². The Morgan fingerprint density at radius 2 is 1.85 bits per heavy atom. The van der Waals surface area contributed by atoms with Gasteiger partial charge < -0.3 is 10.1 Å². The fourth-order valence-electron chi connectivity index (χ4n) is 3.53. The highest BCUT2D eigenvalue weighted by Crippen LogP contribution is 2.25. The second-order valence-electron chi connectivity index (χ2n) is 7.59. The molecule has 0 atom stereocenters. The van der Waals surface area contributed by atoms with Gasteiger partial charge in [0.1, 0.15) is 5.75 Å². The number of hydrogen-bond donors (Lipinski definition) is 1. The number of sulfonamides is 1. The number of hydrogen-bond acceptors (Lipinski definition) is 6. The fraction of sp³-hybridized carbons (Fsp3) is 0.208. The van der Waals surface area contributed by atoms with Crippen LogP contribution in [0.2, 0.25) is 0 Å². The third-order valence-electron chi connectivity index (χ3n) is 5.28. The smallest absolute Gasteiger partial charge is 0.237 e. The highest BCUT2D eigenvalue weighted by atomic mass is 32.2. The number of aromatic nitrogens is 2. The van der Waals surface area contributed by atoms with Crippen LogP contribution >= 0.6 is 0 Å². The van der Waals surface area contributed by atoms with E-state index in [1.54, 1.807) is 36.5 Å². The molecule has 1 N–H and O–H groups in total. The van der Waals surface area contributed by atoms with Crippen molar-refractivity contribution in [1.82, 2.24) is 14.3 Å². The summed E-state index contributed by atoms with van der Waals surface area (Å²) < 4.78 is 32.3. The lowest BCUT2D eigenvalue weighted by atomic mass is 9.97. The van der Waals surface area contributed by atoms with Crippen molar-refractivity contribution >= 4 is 27.7 Å². The first-order valence-corrected chi connectivity index (χ1v) is 12.1. The van der Waals surface area contributed by atoms with Crippen LogP contribution in [0.15, 0.2) is 78.6 Å². The number of ether oxygens (including phenoxy) is 1. The first-order chi connectivity index (χ1) is 16.0. The van der Waals surface area contributed by atoms with Crippen molar-refractivity contribution in [1.29, 1.82) is 0 Å². The average molecular weight is 465 g/mol. The third kappa shape index (κ3) is 6.24. The highest BCUT2D eigenvalue weighted by Gasteiger charge is 2.30. The average Bonchev–Trinajstić information content (AvgIpc) is 2.84.